The molecule has 0 fully saturated rings. The summed E-state index contributed by atoms with van der Waals surface area (Å²) in [5, 5.41) is 9.89. The number of carbonyl (C=O) groups excluding carboxylic acids is 2. The highest BCUT2D eigenvalue weighted by molar-refractivity contribution is 5.79. The lowest BCUT2D eigenvalue weighted by Crippen LogP contribution is -2.38. The van der Waals surface area contributed by atoms with E-state index in [1.54, 1.807) is 18.0 Å². The average Bonchev–Trinajstić information content (AvgIpc) is 3.06. The Bertz CT molecular complexity index is 683. The van der Waals surface area contributed by atoms with Gasteiger partial charge in [-0.05, 0) is 30.7 Å². The average molecular weight is 344 g/mol. The third-order valence-electron chi connectivity index (χ3n) is 3.71. The highest BCUT2D eigenvalue weighted by Gasteiger charge is 2.18. The smallest absolute Gasteiger partial charge is 0.222 e. The minimum absolute atomic E-state index is 0.0683. The summed E-state index contributed by atoms with van der Waals surface area (Å²) in [4.78, 5) is 23.8. The van der Waals surface area contributed by atoms with E-state index in [2.05, 4.69) is 15.7 Å². The molecule has 0 radical (unpaired) electrons. The van der Waals surface area contributed by atoms with Gasteiger partial charge < -0.3 is 15.4 Å². The van der Waals surface area contributed by atoms with E-state index in [4.69, 9.17) is 4.74 Å². The quantitative estimate of drug-likeness (QED) is 0.763. The Kier molecular flexibility index (Phi) is 6.56. The number of aromatic nitrogens is 2. The topological polar surface area (TPSA) is 85.2 Å². The van der Waals surface area contributed by atoms with Gasteiger partial charge in [0.25, 0.3) is 0 Å². The molecule has 2 atom stereocenters. The normalized spacial score (nSPS) is 12.9. The standard InChI is InChI=1S/C18H24N4O3/c1-13(12-22-10-4-9-19-22)20-18(24)11-17(21-14(2)23)15-5-7-16(25-3)8-6-15/h4-10,13,17H,11-12H2,1-3H3,(H,20,24)(H,21,23). The zero-order chi connectivity index (χ0) is 18.2. The van der Waals surface area contributed by atoms with E-state index in [0.717, 1.165) is 11.3 Å². The summed E-state index contributed by atoms with van der Waals surface area (Å²) in [5.41, 5.74) is 0.853. The molecule has 0 aliphatic heterocycles. The lowest BCUT2D eigenvalue weighted by Gasteiger charge is -2.20. The fourth-order valence-electron chi connectivity index (χ4n) is 2.59. The number of amides is 2. The van der Waals surface area contributed by atoms with Gasteiger partial charge in [0.1, 0.15) is 5.75 Å². The third-order valence-corrected chi connectivity index (χ3v) is 3.71. The van der Waals surface area contributed by atoms with Crippen LogP contribution < -0.4 is 15.4 Å². The van der Waals surface area contributed by atoms with Crippen LogP contribution in [0.25, 0.3) is 0 Å². The van der Waals surface area contributed by atoms with Crippen LogP contribution in [-0.4, -0.2) is 34.7 Å². The maximum Gasteiger partial charge on any atom is 0.222 e. The Hall–Kier alpha value is -2.83. The molecular weight excluding hydrogens is 320 g/mol. The molecule has 2 aromatic rings. The molecule has 2 N–H and O–H groups in total. The maximum absolute atomic E-state index is 12.4. The summed E-state index contributed by atoms with van der Waals surface area (Å²) >= 11 is 0. The molecule has 0 aliphatic rings. The molecule has 0 aliphatic carbocycles. The van der Waals surface area contributed by atoms with Gasteiger partial charge in [-0.1, -0.05) is 12.1 Å². The molecule has 2 unspecified atom stereocenters. The van der Waals surface area contributed by atoms with Crippen molar-refractivity contribution in [3.05, 3.63) is 48.3 Å². The molecule has 0 saturated carbocycles. The predicted molar refractivity (Wildman–Crippen MR) is 94.0 cm³/mol. The highest BCUT2D eigenvalue weighted by atomic mass is 16.5. The van der Waals surface area contributed by atoms with E-state index in [9.17, 15) is 9.59 Å². The van der Waals surface area contributed by atoms with Crippen LogP contribution in [0, 0.1) is 0 Å². The van der Waals surface area contributed by atoms with Crippen LogP contribution in [0.1, 0.15) is 31.9 Å². The number of nitrogens with one attached hydrogen (secondary N) is 2. The summed E-state index contributed by atoms with van der Waals surface area (Å²) in [6.45, 7) is 3.95. The zero-order valence-corrected chi connectivity index (χ0v) is 14.7. The van der Waals surface area contributed by atoms with Crippen LogP contribution in [-0.2, 0) is 16.1 Å². The summed E-state index contributed by atoms with van der Waals surface area (Å²) < 4.78 is 6.90. The molecule has 2 amide bonds. The number of methoxy groups -OCH3 is 1. The Labute approximate surface area is 147 Å². The van der Waals surface area contributed by atoms with Crippen LogP contribution in [0.15, 0.2) is 42.7 Å². The van der Waals surface area contributed by atoms with Crippen molar-refractivity contribution in [2.75, 3.05) is 7.11 Å². The lowest BCUT2D eigenvalue weighted by molar-refractivity contribution is -0.123. The van der Waals surface area contributed by atoms with Gasteiger partial charge in [-0.25, -0.2) is 0 Å². The lowest BCUT2D eigenvalue weighted by atomic mass is 10.0. The molecule has 1 aromatic carbocycles. The maximum atomic E-state index is 12.4. The molecule has 25 heavy (non-hydrogen) atoms. The monoisotopic (exact) mass is 344 g/mol. The minimum atomic E-state index is -0.389. The number of hydrogen-bond acceptors (Lipinski definition) is 4. The molecule has 0 saturated heterocycles. The van der Waals surface area contributed by atoms with Gasteiger partial charge in [0.2, 0.25) is 11.8 Å². The van der Waals surface area contributed by atoms with Crippen molar-refractivity contribution in [1.82, 2.24) is 20.4 Å². The Balaban J connectivity index is 1.97. The number of ether oxygens (including phenoxy) is 1. The van der Waals surface area contributed by atoms with Gasteiger partial charge in [0.15, 0.2) is 0 Å². The van der Waals surface area contributed by atoms with E-state index in [1.807, 2.05) is 43.5 Å². The molecule has 0 spiro atoms. The van der Waals surface area contributed by atoms with E-state index in [1.165, 1.54) is 6.92 Å². The first kappa shape index (κ1) is 18.5. The van der Waals surface area contributed by atoms with E-state index in [-0.39, 0.29) is 30.3 Å². The van der Waals surface area contributed by atoms with Crippen molar-refractivity contribution in [3.8, 4) is 5.75 Å². The molecule has 7 nitrogen and oxygen atoms in total. The third kappa shape index (κ3) is 5.95. The Morgan fingerprint density at radius 1 is 1.24 bits per heavy atom. The van der Waals surface area contributed by atoms with Crippen LogP contribution in [0.2, 0.25) is 0 Å². The molecular formula is C18H24N4O3. The molecule has 1 aromatic heterocycles. The van der Waals surface area contributed by atoms with Crippen LogP contribution in [0.5, 0.6) is 5.75 Å². The van der Waals surface area contributed by atoms with Crippen molar-refractivity contribution >= 4 is 11.8 Å². The second-order valence-corrected chi connectivity index (χ2v) is 5.93. The second kappa shape index (κ2) is 8.86. The molecule has 0 bridgehead atoms. The molecule has 134 valence electrons. The highest BCUT2D eigenvalue weighted by Crippen LogP contribution is 2.20. The first-order valence-electron chi connectivity index (χ1n) is 8.15. The first-order chi connectivity index (χ1) is 12.0. The second-order valence-electron chi connectivity index (χ2n) is 5.93. The van der Waals surface area contributed by atoms with Crippen LogP contribution >= 0.6 is 0 Å². The van der Waals surface area contributed by atoms with E-state index >= 15 is 0 Å². The Morgan fingerprint density at radius 3 is 2.52 bits per heavy atom. The fraction of sp³-hybridized carbons (Fsp3) is 0.389. The summed E-state index contributed by atoms with van der Waals surface area (Å²) in [6.07, 6.45) is 3.71. The summed E-state index contributed by atoms with van der Waals surface area (Å²) in [7, 11) is 1.59. The van der Waals surface area contributed by atoms with Gasteiger partial charge in [-0.2, -0.15) is 5.10 Å². The minimum Gasteiger partial charge on any atom is -0.497 e. The molecule has 7 heteroatoms. The Morgan fingerprint density at radius 2 is 1.96 bits per heavy atom. The van der Waals surface area contributed by atoms with Gasteiger partial charge in [-0.15, -0.1) is 0 Å². The molecule has 1 heterocycles. The first-order valence-corrected chi connectivity index (χ1v) is 8.15. The van der Waals surface area contributed by atoms with E-state index < -0.39 is 0 Å². The predicted octanol–water partition coefficient (Wildman–Crippen LogP) is 1.66. The number of hydrogen-bond donors (Lipinski definition) is 2. The van der Waals surface area contributed by atoms with Gasteiger partial charge in [-0.3, -0.25) is 14.3 Å². The van der Waals surface area contributed by atoms with Crippen molar-refractivity contribution in [2.45, 2.75) is 38.9 Å². The van der Waals surface area contributed by atoms with Crippen LogP contribution in [0.3, 0.4) is 0 Å². The van der Waals surface area contributed by atoms with E-state index in [0.29, 0.717) is 6.54 Å². The number of carbonyl (C=O) groups is 2. The number of rotatable bonds is 8. The van der Waals surface area contributed by atoms with Crippen molar-refractivity contribution in [3.63, 3.8) is 0 Å². The largest absolute Gasteiger partial charge is 0.497 e. The van der Waals surface area contributed by atoms with Crippen molar-refractivity contribution < 1.29 is 14.3 Å². The summed E-state index contributed by atoms with van der Waals surface area (Å²) in [5.74, 6) is 0.412. The van der Waals surface area contributed by atoms with Crippen molar-refractivity contribution in [2.24, 2.45) is 0 Å². The number of benzene rings is 1. The fourth-order valence-corrected chi connectivity index (χ4v) is 2.59. The SMILES string of the molecule is COc1ccc(C(CC(=O)NC(C)Cn2cccn2)NC(C)=O)cc1. The van der Waals surface area contributed by atoms with Gasteiger partial charge in [0.05, 0.1) is 26.1 Å². The van der Waals surface area contributed by atoms with Crippen molar-refractivity contribution in [1.29, 1.82) is 0 Å². The molecule has 2 rings (SSSR count). The van der Waals surface area contributed by atoms with Crippen LogP contribution in [0.4, 0.5) is 0 Å². The summed E-state index contributed by atoms with van der Waals surface area (Å²) in [6, 6.07) is 8.69. The zero-order valence-electron chi connectivity index (χ0n) is 14.7. The van der Waals surface area contributed by atoms with Gasteiger partial charge >= 0.3 is 0 Å². The van der Waals surface area contributed by atoms with Gasteiger partial charge in [0, 0.05) is 25.4 Å². The number of nitrogens with zero attached hydrogens (tertiary/aromatic N) is 2.